The number of aryl methyl sites for hydroxylation is 1. The van der Waals surface area contributed by atoms with Crippen LogP contribution in [-0.4, -0.2) is 41.6 Å². The molecule has 0 radical (unpaired) electrons. The van der Waals surface area contributed by atoms with E-state index in [0.29, 0.717) is 24.5 Å². The van der Waals surface area contributed by atoms with E-state index in [1.54, 1.807) is 14.0 Å². The number of ether oxygens (including phenoxy) is 2. The lowest BCUT2D eigenvalue weighted by Gasteiger charge is -2.25. The summed E-state index contributed by atoms with van der Waals surface area (Å²) in [5.74, 6) is 1.66. The molecule has 0 spiro atoms. The summed E-state index contributed by atoms with van der Waals surface area (Å²) in [7, 11) is 1.63. The number of hydrogen-bond acceptors (Lipinski definition) is 5. The fraction of sp³-hybridized carbons (Fsp3) is 0.400. The van der Waals surface area contributed by atoms with Gasteiger partial charge in [0.25, 0.3) is 5.91 Å². The molecular formula is C15H18N4O3. The SMILES string of the molecule is COc1ccc2c(c1)OC[C@H](CNC(=O)c1n[nH]nc1C)C2. The Kier molecular flexibility index (Phi) is 3.95. The molecule has 116 valence electrons. The molecule has 2 aromatic rings. The zero-order chi connectivity index (χ0) is 15.5. The van der Waals surface area contributed by atoms with Crippen molar-refractivity contribution in [3.8, 4) is 11.5 Å². The van der Waals surface area contributed by atoms with E-state index in [1.165, 1.54) is 0 Å². The van der Waals surface area contributed by atoms with Crippen molar-refractivity contribution < 1.29 is 14.3 Å². The normalized spacial score (nSPS) is 16.5. The van der Waals surface area contributed by atoms with Crippen LogP contribution in [0.2, 0.25) is 0 Å². The number of aromatic amines is 1. The lowest BCUT2D eigenvalue weighted by Crippen LogP contribution is -2.35. The van der Waals surface area contributed by atoms with E-state index in [9.17, 15) is 4.79 Å². The van der Waals surface area contributed by atoms with E-state index in [0.717, 1.165) is 23.5 Å². The molecular weight excluding hydrogens is 284 g/mol. The highest BCUT2D eigenvalue weighted by Gasteiger charge is 2.22. The minimum absolute atomic E-state index is 0.216. The number of carbonyl (C=O) groups is 1. The Morgan fingerprint density at radius 3 is 3.09 bits per heavy atom. The summed E-state index contributed by atoms with van der Waals surface area (Å²) in [6, 6.07) is 5.81. The highest BCUT2D eigenvalue weighted by atomic mass is 16.5. The van der Waals surface area contributed by atoms with Crippen molar-refractivity contribution in [1.29, 1.82) is 0 Å². The summed E-state index contributed by atoms with van der Waals surface area (Å²) in [5, 5.41) is 13.0. The molecule has 0 saturated heterocycles. The van der Waals surface area contributed by atoms with Crippen molar-refractivity contribution in [2.24, 2.45) is 5.92 Å². The summed E-state index contributed by atoms with van der Waals surface area (Å²) in [6.45, 7) is 2.85. The molecule has 0 saturated carbocycles. The quantitative estimate of drug-likeness (QED) is 0.883. The zero-order valence-electron chi connectivity index (χ0n) is 12.5. The number of H-pyrrole nitrogens is 1. The third-order valence-electron chi connectivity index (χ3n) is 3.75. The smallest absolute Gasteiger partial charge is 0.273 e. The van der Waals surface area contributed by atoms with E-state index >= 15 is 0 Å². The van der Waals surface area contributed by atoms with Crippen LogP contribution in [0, 0.1) is 12.8 Å². The van der Waals surface area contributed by atoms with E-state index in [-0.39, 0.29) is 11.8 Å². The Hall–Kier alpha value is -2.57. The maximum absolute atomic E-state index is 12.0. The minimum Gasteiger partial charge on any atom is -0.497 e. The Labute approximate surface area is 128 Å². The summed E-state index contributed by atoms with van der Waals surface area (Å²) in [4.78, 5) is 12.0. The van der Waals surface area contributed by atoms with Gasteiger partial charge < -0.3 is 14.8 Å². The number of methoxy groups -OCH3 is 1. The van der Waals surface area contributed by atoms with Gasteiger partial charge in [0.1, 0.15) is 11.5 Å². The predicted molar refractivity (Wildman–Crippen MR) is 79.1 cm³/mol. The van der Waals surface area contributed by atoms with Gasteiger partial charge in [-0.1, -0.05) is 6.07 Å². The molecule has 2 N–H and O–H groups in total. The molecule has 7 nitrogen and oxygen atoms in total. The zero-order valence-corrected chi connectivity index (χ0v) is 12.5. The van der Waals surface area contributed by atoms with Crippen LogP contribution in [0.1, 0.15) is 21.7 Å². The predicted octanol–water partition coefficient (Wildman–Crippen LogP) is 1.10. The molecule has 1 aliphatic heterocycles. The second-order valence-corrected chi connectivity index (χ2v) is 5.32. The first-order valence-electron chi connectivity index (χ1n) is 7.12. The molecule has 1 aromatic carbocycles. The van der Waals surface area contributed by atoms with Crippen molar-refractivity contribution >= 4 is 5.91 Å². The monoisotopic (exact) mass is 302 g/mol. The first kappa shape index (κ1) is 14.4. The van der Waals surface area contributed by atoms with Crippen molar-refractivity contribution in [1.82, 2.24) is 20.7 Å². The number of hydrogen-bond donors (Lipinski definition) is 2. The Bertz CT molecular complexity index is 683. The van der Waals surface area contributed by atoms with Crippen LogP contribution in [0.15, 0.2) is 18.2 Å². The van der Waals surface area contributed by atoms with Crippen molar-refractivity contribution in [2.45, 2.75) is 13.3 Å². The molecule has 1 aliphatic rings. The highest BCUT2D eigenvalue weighted by molar-refractivity contribution is 5.93. The first-order chi connectivity index (χ1) is 10.7. The molecule has 1 atom stereocenters. The largest absolute Gasteiger partial charge is 0.497 e. The van der Waals surface area contributed by atoms with E-state index in [1.807, 2.05) is 18.2 Å². The molecule has 22 heavy (non-hydrogen) atoms. The van der Waals surface area contributed by atoms with Gasteiger partial charge in [0, 0.05) is 18.5 Å². The average Bonchev–Trinajstić information content (AvgIpc) is 2.98. The van der Waals surface area contributed by atoms with Crippen molar-refractivity contribution in [3.05, 3.63) is 35.2 Å². The lowest BCUT2D eigenvalue weighted by molar-refractivity contribution is 0.0933. The van der Waals surface area contributed by atoms with Crippen LogP contribution in [-0.2, 0) is 6.42 Å². The second kappa shape index (κ2) is 6.05. The van der Waals surface area contributed by atoms with E-state index in [2.05, 4.69) is 20.7 Å². The minimum atomic E-state index is -0.216. The maximum Gasteiger partial charge on any atom is 0.273 e. The fourth-order valence-corrected chi connectivity index (χ4v) is 2.49. The van der Waals surface area contributed by atoms with E-state index < -0.39 is 0 Å². The third kappa shape index (κ3) is 2.88. The van der Waals surface area contributed by atoms with Gasteiger partial charge in [0.2, 0.25) is 0 Å². The first-order valence-corrected chi connectivity index (χ1v) is 7.12. The summed E-state index contributed by atoms with van der Waals surface area (Å²) < 4.78 is 10.9. The van der Waals surface area contributed by atoms with Gasteiger partial charge in [-0.05, 0) is 25.0 Å². The lowest BCUT2D eigenvalue weighted by atomic mass is 9.96. The van der Waals surface area contributed by atoms with Crippen LogP contribution in [0.25, 0.3) is 0 Å². The Balaban J connectivity index is 1.59. The summed E-state index contributed by atoms with van der Waals surface area (Å²) >= 11 is 0. The molecule has 0 aliphatic carbocycles. The topological polar surface area (TPSA) is 89.1 Å². The van der Waals surface area contributed by atoms with Gasteiger partial charge in [0.15, 0.2) is 5.69 Å². The standard InChI is InChI=1S/C15H18N4O3/c1-9-14(18-19-17-9)15(20)16-7-10-5-11-3-4-12(21-2)6-13(11)22-8-10/h3-4,6,10H,5,7-8H2,1-2H3,(H,16,20)(H,17,18,19)/t10-/m0/s1. The van der Waals surface area contributed by atoms with Crippen LogP contribution >= 0.6 is 0 Å². The molecule has 3 rings (SSSR count). The fourth-order valence-electron chi connectivity index (χ4n) is 2.49. The number of nitrogens with one attached hydrogen (secondary N) is 2. The number of carbonyl (C=O) groups excluding carboxylic acids is 1. The Morgan fingerprint density at radius 1 is 1.50 bits per heavy atom. The van der Waals surface area contributed by atoms with Gasteiger partial charge in [-0.3, -0.25) is 4.79 Å². The maximum atomic E-state index is 12.0. The number of rotatable bonds is 4. The van der Waals surface area contributed by atoms with Gasteiger partial charge >= 0.3 is 0 Å². The molecule has 1 aromatic heterocycles. The molecule has 1 amide bonds. The van der Waals surface area contributed by atoms with E-state index in [4.69, 9.17) is 9.47 Å². The van der Waals surface area contributed by atoms with Gasteiger partial charge in [0.05, 0.1) is 19.4 Å². The average molecular weight is 302 g/mol. The summed E-state index contributed by atoms with van der Waals surface area (Å²) in [5.41, 5.74) is 2.06. The molecule has 2 heterocycles. The molecule has 0 bridgehead atoms. The van der Waals surface area contributed by atoms with Gasteiger partial charge in [-0.2, -0.15) is 15.4 Å². The van der Waals surface area contributed by atoms with Gasteiger partial charge in [-0.25, -0.2) is 0 Å². The van der Waals surface area contributed by atoms with Crippen LogP contribution in [0.5, 0.6) is 11.5 Å². The third-order valence-corrected chi connectivity index (χ3v) is 3.75. The number of aromatic nitrogens is 3. The number of nitrogens with zero attached hydrogens (tertiary/aromatic N) is 2. The summed E-state index contributed by atoms with van der Waals surface area (Å²) in [6.07, 6.45) is 0.859. The Morgan fingerprint density at radius 2 is 2.36 bits per heavy atom. The molecule has 0 unspecified atom stereocenters. The van der Waals surface area contributed by atoms with Crippen LogP contribution in [0.3, 0.4) is 0 Å². The number of amides is 1. The van der Waals surface area contributed by atoms with Gasteiger partial charge in [-0.15, -0.1) is 0 Å². The number of benzene rings is 1. The molecule has 0 fully saturated rings. The van der Waals surface area contributed by atoms with Crippen molar-refractivity contribution in [2.75, 3.05) is 20.3 Å². The molecule has 7 heteroatoms. The second-order valence-electron chi connectivity index (χ2n) is 5.32. The number of fused-ring (bicyclic) bond motifs is 1. The van der Waals surface area contributed by atoms with Crippen LogP contribution < -0.4 is 14.8 Å². The van der Waals surface area contributed by atoms with Crippen molar-refractivity contribution in [3.63, 3.8) is 0 Å². The van der Waals surface area contributed by atoms with Crippen LogP contribution in [0.4, 0.5) is 0 Å². The highest BCUT2D eigenvalue weighted by Crippen LogP contribution is 2.30.